The Balaban J connectivity index is 2.06. The maximum absolute atomic E-state index is 14.3. The van der Waals surface area contributed by atoms with Crippen molar-refractivity contribution in [3.05, 3.63) is 59.3 Å². The van der Waals surface area contributed by atoms with Crippen molar-refractivity contribution in [2.24, 2.45) is 5.73 Å². The van der Waals surface area contributed by atoms with E-state index in [4.69, 9.17) is 5.73 Å². The Morgan fingerprint density at radius 1 is 1.11 bits per heavy atom. The second kappa shape index (κ2) is 8.17. The summed E-state index contributed by atoms with van der Waals surface area (Å²) >= 11 is 0. The Hall–Kier alpha value is -3.27. The highest BCUT2D eigenvalue weighted by Gasteiger charge is 2.21. The predicted octanol–water partition coefficient (Wildman–Crippen LogP) is 2.30. The van der Waals surface area contributed by atoms with E-state index in [0.717, 1.165) is 6.07 Å². The first-order valence-electron chi connectivity index (χ1n) is 8.43. The molecule has 10 heteroatoms. The molecule has 28 heavy (non-hydrogen) atoms. The number of nitrogens with two attached hydrogens (primary N) is 1. The minimum atomic E-state index is -1.27. The van der Waals surface area contributed by atoms with Gasteiger partial charge in [-0.1, -0.05) is 6.92 Å². The third kappa shape index (κ3) is 3.86. The lowest BCUT2D eigenvalue weighted by Crippen LogP contribution is -2.28. The number of pyridine rings is 1. The van der Waals surface area contributed by atoms with Gasteiger partial charge in [0, 0.05) is 24.4 Å². The fourth-order valence-electron chi connectivity index (χ4n) is 2.77. The number of halogens is 3. The Kier molecular flexibility index (Phi) is 5.69. The number of likely N-dealkylation sites (N-methyl/N-ethyl adjacent to an activating group) is 1. The van der Waals surface area contributed by atoms with Gasteiger partial charge in [-0.25, -0.2) is 23.1 Å². The standard InChI is InChI=1S/C18H17F3N6O/c1-2-23-7-14(10-5-12(20)13(21)6-11(10)19)27-18-16-15(25-8-26-18)9(17(22)28)3-4-24-16/h3-6,8,14,23H,2,7H2,1H3,(H2,22,28)(H,25,26,27)/t14-/m1/s1. The quantitative estimate of drug-likeness (QED) is 0.535. The molecule has 0 unspecified atom stereocenters. The number of aromatic nitrogens is 3. The SMILES string of the molecule is CCNC[C@@H](Nc1ncnc2c(C(N)=O)ccnc12)c1cc(F)c(F)cc1F. The Morgan fingerprint density at radius 2 is 1.86 bits per heavy atom. The summed E-state index contributed by atoms with van der Waals surface area (Å²) in [5, 5.41) is 5.99. The van der Waals surface area contributed by atoms with Crippen LogP contribution < -0.4 is 16.4 Å². The molecule has 7 nitrogen and oxygen atoms in total. The molecule has 0 radical (unpaired) electrons. The highest BCUT2D eigenvalue weighted by Crippen LogP contribution is 2.26. The summed E-state index contributed by atoms with van der Waals surface area (Å²) in [5.41, 5.74) is 5.88. The van der Waals surface area contributed by atoms with Crippen LogP contribution >= 0.6 is 0 Å². The number of primary amides is 1. The van der Waals surface area contributed by atoms with E-state index in [9.17, 15) is 18.0 Å². The zero-order valence-electron chi connectivity index (χ0n) is 14.8. The molecule has 3 rings (SSSR count). The van der Waals surface area contributed by atoms with E-state index in [2.05, 4.69) is 25.6 Å². The van der Waals surface area contributed by atoms with Crippen LogP contribution in [-0.4, -0.2) is 33.9 Å². The van der Waals surface area contributed by atoms with Gasteiger partial charge in [-0.15, -0.1) is 0 Å². The number of nitrogens with one attached hydrogen (secondary N) is 2. The molecule has 0 saturated heterocycles. The van der Waals surface area contributed by atoms with E-state index >= 15 is 0 Å². The van der Waals surface area contributed by atoms with E-state index in [1.165, 1.54) is 18.6 Å². The fourth-order valence-corrected chi connectivity index (χ4v) is 2.77. The van der Waals surface area contributed by atoms with Crippen LogP contribution in [0.4, 0.5) is 19.0 Å². The summed E-state index contributed by atoms with van der Waals surface area (Å²) in [6, 6.07) is 1.91. The Morgan fingerprint density at radius 3 is 2.57 bits per heavy atom. The van der Waals surface area contributed by atoms with Crippen LogP contribution in [0.15, 0.2) is 30.7 Å². The number of fused-ring (bicyclic) bond motifs is 1. The number of carbonyl (C=O) groups excluding carboxylic acids is 1. The first-order valence-corrected chi connectivity index (χ1v) is 8.43. The summed E-state index contributed by atoms with van der Waals surface area (Å²) in [7, 11) is 0. The number of hydrogen-bond acceptors (Lipinski definition) is 6. The Labute approximate surface area is 158 Å². The average Bonchev–Trinajstić information content (AvgIpc) is 2.67. The van der Waals surface area contributed by atoms with Crippen LogP contribution in [0.1, 0.15) is 28.9 Å². The van der Waals surface area contributed by atoms with Crippen LogP contribution in [-0.2, 0) is 0 Å². The van der Waals surface area contributed by atoms with Crippen molar-refractivity contribution in [1.29, 1.82) is 0 Å². The number of anilines is 1. The van der Waals surface area contributed by atoms with Crippen LogP contribution in [0, 0.1) is 17.5 Å². The second-order valence-electron chi connectivity index (χ2n) is 5.93. The first kappa shape index (κ1) is 19.5. The third-order valence-corrected chi connectivity index (χ3v) is 4.11. The molecule has 0 bridgehead atoms. The number of nitrogens with zero attached hydrogens (tertiary/aromatic N) is 3. The second-order valence-corrected chi connectivity index (χ2v) is 5.93. The molecule has 1 atom stereocenters. The van der Waals surface area contributed by atoms with Crippen molar-refractivity contribution in [2.45, 2.75) is 13.0 Å². The van der Waals surface area contributed by atoms with Crippen LogP contribution in [0.25, 0.3) is 11.0 Å². The van der Waals surface area contributed by atoms with Gasteiger partial charge in [0.05, 0.1) is 11.6 Å². The smallest absolute Gasteiger partial charge is 0.251 e. The lowest BCUT2D eigenvalue weighted by Gasteiger charge is -2.21. The highest BCUT2D eigenvalue weighted by atomic mass is 19.2. The molecule has 0 aliphatic carbocycles. The van der Waals surface area contributed by atoms with Gasteiger partial charge in [0.1, 0.15) is 23.2 Å². The molecule has 4 N–H and O–H groups in total. The van der Waals surface area contributed by atoms with Gasteiger partial charge in [0.2, 0.25) is 0 Å². The number of rotatable bonds is 7. The summed E-state index contributed by atoms with van der Waals surface area (Å²) < 4.78 is 41.3. The van der Waals surface area contributed by atoms with E-state index in [-0.39, 0.29) is 34.5 Å². The molecule has 1 amide bonds. The number of benzene rings is 1. The molecule has 1 aromatic carbocycles. The minimum absolute atomic E-state index is 0.0855. The molecular formula is C18H17F3N6O. The third-order valence-electron chi connectivity index (χ3n) is 4.11. The fraction of sp³-hybridized carbons (Fsp3) is 0.222. The first-order chi connectivity index (χ1) is 13.4. The normalized spacial score (nSPS) is 12.1. The zero-order valence-corrected chi connectivity index (χ0v) is 14.8. The van der Waals surface area contributed by atoms with Gasteiger partial charge in [0.15, 0.2) is 17.5 Å². The molecular weight excluding hydrogens is 373 g/mol. The molecule has 0 aliphatic rings. The van der Waals surface area contributed by atoms with Crippen LogP contribution in [0.3, 0.4) is 0 Å². The van der Waals surface area contributed by atoms with Gasteiger partial charge in [-0.3, -0.25) is 9.78 Å². The van der Waals surface area contributed by atoms with Crippen molar-refractivity contribution >= 4 is 22.8 Å². The van der Waals surface area contributed by atoms with Gasteiger partial charge in [-0.2, -0.15) is 0 Å². The van der Waals surface area contributed by atoms with Crippen molar-refractivity contribution in [3.8, 4) is 0 Å². The van der Waals surface area contributed by atoms with Gasteiger partial charge < -0.3 is 16.4 Å². The molecule has 0 spiro atoms. The molecule has 2 heterocycles. The predicted molar refractivity (Wildman–Crippen MR) is 97.1 cm³/mol. The molecule has 0 aliphatic heterocycles. The van der Waals surface area contributed by atoms with Crippen LogP contribution in [0.2, 0.25) is 0 Å². The van der Waals surface area contributed by atoms with Gasteiger partial charge >= 0.3 is 0 Å². The van der Waals surface area contributed by atoms with E-state index in [1.54, 1.807) is 0 Å². The summed E-state index contributed by atoms with van der Waals surface area (Å²) in [6.45, 7) is 2.61. The molecule has 2 aromatic heterocycles. The maximum Gasteiger partial charge on any atom is 0.251 e. The van der Waals surface area contributed by atoms with Crippen molar-refractivity contribution < 1.29 is 18.0 Å². The lowest BCUT2D eigenvalue weighted by molar-refractivity contribution is 0.100. The number of carbonyl (C=O) groups is 1. The number of amides is 1. The van der Waals surface area contributed by atoms with Crippen molar-refractivity contribution in [1.82, 2.24) is 20.3 Å². The topological polar surface area (TPSA) is 106 Å². The largest absolute Gasteiger partial charge is 0.366 e. The van der Waals surface area contributed by atoms with E-state index < -0.39 is 29.4 Å². The average molecular weight is 390 g/mol. The Bertz CT molecular complexity index is 1030. The molecule has 0 saturated carbocycles. The molecule has 0 fully saturated rings. The molecule has 3 aromatic rings. The van der Waals surface area contributed by atoms with Gasteiger partial charge in [0.25, 0.3) is 5.91 Å². The van der Waals surface area contributed by atoms with Gasteiger partial charge in [-0.05, 0) is 18.7 Å². The highest BCUT2D eigenvalue weighted by molar-refractivity contribution is 6.05. The lowest BCUT2D eigenvalue weighted by atomic mass is 10.1. The van der Waals surface area contributed by atoms with Crippen LogP contribution in [0.5, 0.6) is 0 Å². The zero-order chi connectivity index (χ0) is 20.3. The van der Waals surface area contributed by atoms with Crippen molar-refractivity contribution in [3.63, 3.8) is 0 Å². The van der Waals surface area contributed by atoms with E-state index in [0.29, 0.717) is 12.6 Å². The summed E-state index contributed by atoms with van der Waals surface area (Å²) in [4.78, 5) is 23.9. The number of hydrogen-bond donors (Lipinski definition) is 3. The maximum atomic E-state index is 14.3. The summed E-state index contributed by atoms with van der Waals surface area (Å²) in [6.07, 6.45) is 2.57. The van der Waals surface area contributed by atoms with Crippen molar-refractivity contribution in [2.75, 3.05) is 18.4 Å². The minimum Gasteiger partial charge on any atom is -0.366 e. The monoisotopic (exact) mass is 390 g/mol. The van der Waals surface area contributed by atoms with E-state index in [1.807, 2.05) is 6.92 Å². The summed E-state index contributed by atoms with van der Waals surface area (Å²) in [5.74, 6) is -3.84. The molecule has 146 valence electrons.